The first-order valence-electron chi connectivity index (χ1n) is 6.74. The summed E-state index contributed by atoms with van der Waals surface area (Å²) in [6.07, 6.45) is 0.960. The molecule has 0 aliphatic heterocycles. The Morgan fingerprint density at radius 3 is 2.35 bits per heavy atom. The van der Waals surface area contributed by atoms with Gasteiger partial charge in [0.25, 0.3) is 0 Å². The van der Waals surface area contributed by atoms with Crippen LogP contribution in [0.25, 0.3) is 0 Å². The predicted octanol–water partition coefficient (Wildman–Crippen LogP) is 1.17. The summed E-state index contributed by atoms with van der Waals surface area (Å²) in [7, 11) is 0. The number of hydrogen-bond acceptors (Lipinski definition) is 3. The number of carbonyl (C=O) groups is 2. The highest BCUT2D eigenvalue weighted by Gasteiger charge is 2.24. The van der Waals surface area contributed by atoms with Crippen LogP contribution >= 0.6 is 0 Å². The second kappa shape index (κ2) is 7.65. The zero-order valence-corrected chi connectivity index (χ0v) is 11.9. The molecule has 1 aromatic rings. The van der Waals surface area contributed by atoms with Gasteiger partial charge in [-0.15, -0.1) is 0 Å². The molecule has 3 unspecified atom stereocenters. The fraction of sp³-hybridized carbons (Fsp3) is 0.467. The molecule has 0 aromatic heterocycles. The minimum atomic E-state index is -1.02. The van der Waals surface area contributed by atoms with Crippen LogP contribution in [0.3, 0.4) is 0 Å². The maximum absolute atomic E-state index is 11.9. The Morgan fingerprint density at radius 2 is 1.85 bits per heavy atom. The SMILES string of the molecule is CC(N)C(C)C(=O)NC(CCc1ccccc1)C(=O)O. The summed E-state index contributed by atoms with van der Waals surface area (Å²) in [5.74, 6) is -1.75. The number of benzene rings is 1. The number of aliphatic carboxylic acids is 1. The maximum atomic E-state index is 11.9. The summed E-state index contributed by atoms with van der Waals surface area (Å²) in [4.78, 5) is 23.1. The number of rotatable bonds is 7. The summed E-state index contributed by atoms with van der Waals surface area (Å²) < 4.78 is 0. The van der Waals surface area contributed by atoms with Crippen LogP contribution in [-0.2, 0) is 16.0 Å². The van der Waals surface area contributed by atoms with Gasteiger partial charge in [0.05, 0.1) is 0 Å². The van der Waals surface area contributed by atoms with Crippen molar-refractivity contribution in [1.82, 2.24) is 5.32 Å². The number of nitrogens with one attached hydrogen (secondary N) is 1. The number of nitrogens with two attached hydrogens (primary N) is 1. The number of carboxylic acids is 1. The van der Waals surface area contributed by atoms with E-state index in [-0.39, 0.29) is 11.9 Å². The molecule has 0 aliphatic rings. The molecule has 0 bridgehead atoms. The smallest absolute Gasteiger partial charge is 0.326 e. The fourth-order valence-electron chi connectivity index (χ4n) is 1.76. The molecular weight excluding hydrogens is 256 g/mol. The molecule has 0 saturated heterocycles. The Hall–Kier alpha value is -1.88. The van der Waals surface area contributed by atoms with E-state index >= 15 is 0 Å². The number of carbonyl (C=O) groups excluding carboxylic acids is 1. The normalized spacial score (nSPS) is 15.2. The van der Waals surface area contributed by atoms with Gasteiger partial charge in [0.2, 0.25) is 5.91 Å². The second-order valence-corrected chi connectivity index (χ2v) is 5.07. The van der Waals surface area contributed by atoms with Crippen molar-refractivity contribution in [2.45, 2.75) is 38.8 Å². The van der Waals surface area contributed by atoms with Crippen LogP contribution in [0, 0.1) is 5.92 Å². The third-order valence-corrected chi connectivity index (χ3v) is 3.38. The molecule has 20 heavy (non-hydrogen) atoms. The molecule has 0 spiro atoms. The minimum Gasteiger partial charge on any atom is -0.480 e. The third kappa shape index (κ3) is 5.01. The average molecular weight is 278 g/mol. The van der Waals surface area contributed by atoms with Crippen LogP contribution in [0.5, 0.6) is 0 Å². The van der Waals surface area contributed by atoms with Crippen molar-refractivity contribution in [2.24, 2.45) is 11.7 Å². The van der Waals surface area contributed by atoms with Gasteiger partial charge < -0.3 is 16.2 Å². The van der Waals surface area contributed by atoms with Gasteiger partial charge in [0, 0.05) is 12.0 Å². The lowest BCUT2D eigenvalue weighted by Crippen LogP contribution is -2.46. The topological polar surface area (TPSA) is 92.4 Å². The summed E-state index contributed by atoms with van der Waals surface area (Å²) in [6.45, 7) is 3.42. The molecule has 3 atom stereocenters. The molecule has 5 nitrogen and oxygen atoms in total. The fourth-order valence-corrected chi connectivity index (χ4v) is 1.76. The molecule has 110 valence electrons. The van der Waals surface area contributed by atoms with E-state index in [1.807, 2.05) is 30.3 Å². The first-order chi connectivity index (χ1) is 9.41. The van der Waals surface area contributed by atoms with Gasteiger partial charge in [-0.3, -0.25) is 4.79 Å². The first kappa shape index (κ1) is 16.2. The Labute approximate surface area is 119 Å². The Morgan fingerprint density at radius 1 is 1.25 bits per heavy atom. The van der Waals surface area contributed by atoms with E-state index in [9.17, 15) is 14.7 Å². The van der Waals surface area contributed by atoms with Gasteiger partial charge in [0.1, 0.15) is 6.04 Å². The second-order valence-electron chi connectivity index (χ2n) is 5.07. The Bertz CT molecular complexity index is 446. The molecule has 4 N–H and O–H groups in total. The monoisotopic (exact) mass is 278 g/mol. The largest absolute Gasteiger partial charge is 0.480 e. The molecular formula is C15H22N2O3. The van der Waals surface area contributed by atoms with Gasteiger partial charge in [0.15, 0.2) is 0 Å². The lowest BCUT2D eigenvalue weighted by Gasteiger charge is -2.19. The predicted molar refractivity (Wildman–Crippen MR) is 77.1 cm³/mol. The van der Waals surface area contributed by atoms with Gasteiger partial charge in [-0.2, -0.15) is 0 Å². The van der Waals surface area contributed by atoms with Crippen molar-refractivity contribution in [3.8, 4) is 0 Å². The van der Waals surface area contributed by atoms with Crippen molar-refractivity contribution < 1.29 is 14.7 Å². The maximum Gasteiger partial charge on any atom is 0.326 e. The highest BCUT2D eigenvalue weighted by atomic mass is 16.4. The molecule has 0 radical (unpaired) electrons. The van der Waals surface area contributed by atoms with Crippen molar-refractivity contribution in [2.75, 3.05) is 0 Å². The van der Waals surface area contributed by atoms with Gasteiger partial charge in [-0.05, 0) is 25.3 Å². The Kier molecular flexibility index (Phi) is 6.18. The number of amides is 1. The molecule has 0 aliphatic carbocycles. The van der Waals surface area contributed by atoms with E-state index in [2.05, 4.69) is 5.32 Å². The van der Waals surface area contributed by atoms with Crippen LogP contribution in [-0.4, -0.2) is 29.1 Å². The van der Waals surface area contributed by atoms with Crippen molar-refractivity contribution in [3.63, 3.8) is 0 Å². The number of aryl methyl sites for hydroxylation is 1. The summed E-state index contributed by atoms with van der Waals surface area (Å²) in [5.41, 5.74) is 6.69. The van der Waals surface area contributed by atoms with E-state index in [0.717, 1.165) is 5.56 Å². The van der Waals surface area contributed by atoms with E-state index in [1.54, 1.807) is 13.8 Å². The lowest BCUT2D eigenvalue weighted by atomic mass is 10.0. The molecule has 1 aromatic carbocycles. The van der Waals surface area contributed by atoms with E-state index in [0.29, 0.717) is 12.8 Å². The first-order valence-corrected chi connectivity index (χ1v) is 6.74. The van der Waals surface area contributed by atoms with Crippen LogP contribution in [0.1, 0.15) is 25.8 Å². The molecule has 1 rings (SSSR count). The number of hydrogen-bond donors (Lipinski definition) is 3. The Balaban J connectivity index is 2.57. The zero-order chi connectivity index (χ0) is 15.1. The molecule has 0 heterocycles. The average Bonchev–Trinajstić information content (AvgIpc) is 2.42. The van der Waals surface area contributed by atoms with Crippen LogP contribution in [0.4, 0.5) is 0 Å². The van der Waals surface area contributed by atoms with E-state index in [1.165, 1.54) is 0 Å². The van der Waals surface area contributed by atoms with Crippen molar-refractivity contribution >= 4 is 11.9 Å². The van der Waals surface area contributed by atoms with Crippen molar-refractivity contribution in [3.05, 3.63) is 35.9 Å². The zero-order valence-electron chi connectivity index (χ0n) is 11.9. The summed E-state index contributed by atoms with van der Waals surface area (Å²) in [6, 6.07) is 8.40. The standard InChI is InChI=1S/C15H22N2O3/c1-10(11(2)16)14(18)17-13(15(19)20)9-8-12-6-4-3-5-7-12/h3-7,10-11,13H,8-9,16H2,1-2H3,(H,17,18)(H,19,20). The van der Waals surface area contributed by atoms with Gasteiger partial charge in [-0.25, -0.2) is 4.79 Å². The van der Waals surface area contributed by atoms with Crippen LogP contribution in [0.2, 0.25) is 0 Å². The lowest BCUT2D eigenvalue weighted by molar-refractivity contribution is -0.142. The third-order valence-electron chi connectivity index (χ3n) is 3.38. The number of carboxylic acid groups (broad SMARTS) is 1. The molecule has 0 fully saturated rings. The van der Waals surface area contributed by atoms with Crippen molar-refractivity contribution in [1.29, 1.82) is 0 Å². The van der Waals surface area contributed by atoms with Crippen LogP contribution in [0.15, 0.2) is 30.3 Å². The molecule has 5 heteroatoms. The van der Waals surface area contributed by atoms with E-state index in [4.69, 9.17) is 5.73 Å². The molecule has 0 saturated carbocycles. The molecule has 1 amide bonds. The minimum absolute atomic E-state index is 0.307. The van der Waals surface area contributed by atoms with Gasteiger partial charge >= 0.3 is 5.97 Å². The summed E-state index contributed by atoms with van der Waals surface area (Å²) >= 11 is 0. The van der Waals surface area contributed by atoms with Crippen LogP contribution < -0.4 is 11.1 Å². The van der Waals surface area contributed by atoms with Gasteiger partial charge in [-0.1, -0.05) is 37.3 Å². The quantitative estimate of drug-likeness (QED) is 0.698. The van der Waals surface area contributed by atoms with E-state index < -0.39 is 17.9 Å². The highest BCUT2D eigenvalue weighted by molar-refractivity contribution is 5.85. The summed E-state index contributed by atoms with van der Waals surface area (Å²) in [5, 5.41) is 11.7. The highest BCUT2D eigenvalue weighted by Crippen LogP contribution is 2.07.